The Bertz CT molecular complexity index is 367. The monoisotopic (exact) mass is 268 g/mol. The number of aliphatic hydroxyl groups excluding tert-OH is 1. The maximum Gasteiger partial charge on any atom is 0.157 e. The summed E-state index contributed by atoms with van der Waals surface area (Å²) in [5.74, 6) is 0. The van der Waals surface area contributed by atoms with E-state index in [4.69, 9.17) is 14.2 Å². The van der Waals surface area contributed by atoms with Gasteiger partial charge in [-0.1, -0.05) is 6.92 Å². The average Bonchev–Trinajstić information content (AvgIpc) is 3.12. The second-order valence-corrected chi connectivity index (χ2v) is 6.91. The van der Waals surface area contributed by atoms with Crippen LogP contribution in [0.25, 0.3) is 0 Å². The molecule has 6 atom stereocenters. The van der Waals surface area contributed by atoms with Gasteiger partial charge in [-0.15, -0.1) is 0 Å². The third-order valence-electron chi connectivity index (χ3n) is 5.96. The molecule has 4 rings (SSSR count). The average molecular weight is 268 g/mol. The first-order chi connectivity index (χ1) is 9.16. The summed E-state index contributed by atoms with van der Waals surface area (Å²) < 4.78 is 17.9. The lowest BCUT2D eigenvalue weighted by Crippen LogP contribution is -2.48. The van der Waals surface area contributed by atoms with E-state index in [1.165, 1.54) is 6.42 Å². The molecule has 1 N–H and O–H groups in total. The Hall–Kier alpha value is -0.160. The number of hydrogen-bond acceptors (Lipinski definition) is 4. The fourth-order valence-corrected chi connectivity index (χ4v) is 4.66. The highest BCUT2D eigenvalue weighted by atomic mass is 16.7. The van der Waals surface area contributed by atoms with Gasteiger partial charge in [0, 0.05) is 12.0 Å². The van der Waals surface area contributed by atoms with Crippen LogP contribution >= 0.6 is 0 Å². The molecule has 0 aromatic heterocycles. The molecule has 0 amide bonds. The van der Waals surface area contributed by atoms with E-state index in [1.54, 1.807) is 0 Å². The van der Waals surface area contributed by atoms with Crippen molar-refractivity contribution in [2.75, 3.05) is 6.61 Å². The fraction of sp³-hybridized carbons (Fsp3) is 1.00. The zero-order valence-corrected chi connectivity index (χ0v) is 11.6. The van der Waals surface area contributed by atoms with Crippen LogP contribution in [0.1, 0.15) is 51.9 Å². The van der Waals surface area contributed by atoms with Crippen molar-refractivity contribution in [2.45, 2.75) is 82.1 Å². The van der Waals surface area contributed by atoms with Crippen LogP contribution in [-0.4, -0.2) is 41.9 Å². The number of ether oxygens (including phenoxy) is 3. The minimum absolute atomic E-state index is 0.0187. The van der Waals surface area contributed by atoms with Gasteiger partial charge in [0.15, 0.2) is 6.29 Å². The summed E-state index contributed by atoms with van der Waals surface area (Å²) in [7, 11) is 0. The van der Waals surface area contributed by atoms with Gasteiger partial charge in [0.2, 0.25) is 0 Å². The van der Waals surface area contributed by atoms with Crippen LogP contribution < -0.4 is 0 Å². The van der Waals surface area contributed by atoms with Gasteiger partial charge in [0.25, 0.3) is 0 Å². The molecular weight excluding hydrogens is 244 g/mol. The highest BCUT2D eigenvalue weighted by Crippen LogP contribution is 2.67. The number of hydrogen-bond donors (Lipinski definition) is 1. The zero-order valence-electron chi connectivity index (χ0n) is 11.6. The molecule has 2 saturated heterocycles. The van der Waals surface area contributed by atoms with Gasteiger partial charge in [0.1, 0.15) is 11.7 Å². The predicted octanol–water partition coefficient (Wildman–Crippen LogP) is 1.99. The minimum atomic E-state index is -0.266. The molecule has 4 heteroatoms. The summed E-state index contributed by atoms with van der Waals surface area (Å²) in [6.07, 6.45) is 7.30. The Labute approximate surface area is 114 Å². The van der Waals surface area contributed by atoms with Gasteiger partial charge >= 0.3 is 0 Å². The van der Waals surface area contributed by atoms with E-state index in [2.05, 4.69) is 6.92 Å². The first-order valence-electron chi connectivity index (χ1n) is 7.79. The van der Waals surface area contributed by atoms with Gasteiger partial charge in [-0.25, -0.2) is 0 Å². The largest absolute Gasteiger partial charge is 0.390 e. The lowest BCUT2D eigenvalue weighted by atomic mass is 9.67. The molecule has 2 aliphatic carbocycles. The van der Waals surface area contributed by atoms with E-state index >= 15 is 0 Å². The molecule has 4 nitrogen and oxygen atoms in total. The SMILES string of the molecule is CC12CCC(O)C3OC31CCC2OC1CCCCO1. The molecule has 0 aromatic carbocycles. The maximum atomic E-state index is 9.99. The number of aliphatic hydroxyl groups is 1. The van der Waals surface area contributed by atoms with Gasteiger partial charge in [0.05, 0.1) is 12.2 Å². The summed E-state index contributed by atoms with van der Waals surface area (Å²) in [6, 6.07) is 0. The Morgan fingerprint density at radius 3 is 2.84 bits per heavy atom. The lowest BCUT2D eigenvalue weighted by molar-refractivity contribution is -0.210. The smallest absolute Gasteiger partial charge is 0.157 e. The molecule has 2 aliphatic heterocycles. The van der Waals surface area contributed by atoms with E-state index in [9.17, 15) is 5.11 Å². The summed E-state index contributed by atoms with van der Waals surface area (Å²) in [4.78, 5) is 0. The van der Waals surface area contributed by atoms with Crippen LogP contribution in [0.3, 0.4) is 0 Å². The van der Waals surface area contributed by atoms with Crippen molar-refractivity contribution >= 4 is 0 Å². The number of rotatable bonds is 2. The Morgan fingerprint density at radius 1 is 1.16 bits per heavy atom. The van der Waals surface area contributed by atoms with E-state index < -0.39 is 0 Å². The number of epoxide rings is 1. The molecule has 4 fully saturated rings. The molecule has 0 aromatic rings. The van der Waals surface area contributed by atoms with E-state index in [-0.39, 0.29) is 35.6 Å². The second kappa shape index (κ2) is 4.17. The molecular formula is C15H24O4. The van der Waals surface area contributed by atoms with E-state index in [0.717, 1.165) is 45.1 Å². The Balaban J connectivity index is 1.49. The molecule has 19 heavy (non-hydrogen) atoms. The zero-order chi connectivity index (χ0) is 13.1. The minimum Gasteiger partial charge on any atom is -0.390 e. The van der Waals surface area contributed by atoms with Crippen molar-refractivity contribution in [1.82, 2.24) is 0 Å². The second-order valence-electron chi connectivity index (χ2n) is 6.91. The summed E-state index contributed by atoms with van der Waals surface area (Å²) in [5.41, 5.74) is -0.0261. The lowest BCUT2D eigenvalue weighted by Gasteiger charge is -2.40. The van der Waals surface area contributed by atoms with Crippen LogP contribution in [-0.2, 0) is 14.2 Å². The van der Waals surface area contributed by atoms with Crippen LogP contribution in [0.4, 0.5) is 0 Å². The Kier molecular flexibility index (Phi) is 2.76. The normalized spacial score (nSPS) is 56.5. The standard InChI is InChI=1S/C15H24O4/c1-14-7-5-10(16)13-15(14,19-13)8-6-11(14)18-12-4-2-3-9-17-12/h10-13,16H,2-9H2,1H3. The third kappa shape index (κ3) is 1.67. The molecule has 108 valence electrons. The van der Waals surface area contributed by atoms with E-state index in [0.29, 0.717) is 0 Å². The molecule has 2 heterocycles. The first-order valence-corrected chi connectivity index (χ1v) is 7.79. The van der Waals surface area contributed by atoms with Crippen LogP contribution in [0, 0.1) is 5.41 Å². The van der Waals surface area contributed by atoms with Crippen molar-refractivity contribution < 1.29 is 19.3 Å². The van der Waals surface area contributed by atoms with Crippen LogP contribution in [0.15, 0.2) is 0 Å². The predicted molar refractivity (Wildman–Crippen MR) is 68.6 cm³/mol. The van der Waals surface area contributed by atoms with Gasteiger partial charge in [-0.05, 0) is 44.9 Å². The first kappa shape index (κ1) is 12.6. The quantitative estimate of drug-likeness (QED) is 0.778. The summed E-state index contributed by atoms with van der Waals surface area (Å²) >= 11 is 0. The van der Waals surface area contributed by atoms with Crippen molar-refractivity contribution in [3.63, 3.8) is 0 Å². The third-order valence-corrected chi connectivity index (χ3v) is 5.96. The highest BCUT2D eigenvalue weighted by molar-refractivity contribution is 5.24. The van der Waals surface area contributed by atoms with Crippen molar-refractivity contribution in [2.24, 2.45) is 5.41 Å². The molecule has 2 saturated carbocycles. The molecule has 1 spiro atoms. The maximum absolute atomic E-state index is 9.99. The van der Waals surface area contributed by atoms with Crippen molar-refractivity contribution in [3.8, 4) is 0 Å². The molecule has 4 aliphatic rings. The van der Waals surface area contributed by atoms with Crippen molar-refractivity contribution in [1.29, 1.82) is 0 Å². The van der Waals surface area contributed by atoms with Gasteiger partial charge < -0.3 is 19.3 Å². The fourth-order valence-electron chi connectivity index (χ4n) is 4.66. The van der Waals surface area contributed by atoms with Crippen molar-refractivity contribution in [3.05, 3.63) is 0 Å². The summed E-state index contributed by atoms with van der Waals surface area (Å²) in [6.45, 7) is 3.12. The highest BCUT2D eigenvalue weighted by Gasteiger charge is 2.76. The van der Waals surface area contributed by atoms with Gasteiger partial charge in [-0.3, -0.25) is 0 Å². The van der Waals surface area contributed by atoms with Gasteiger partial charge in [-0.2, -0.15) is 0 Å². The molecule has 0 bridgehead atoms. The van der Waals surface area contributed by atoms with Crippen LogP contribution in [0.5, 0.6) is 0 Å². The Morgan fingerprint density at radius 2 is 2.05 bits per heavy atom. The molecule has 6 unspecified atom stereocenters. The summed E-state index contributed by atoms with van der Waals surface area (Å²) in [5, 5.41) is 9.99. The topological polar surface area (TPSA) is 51.2 Å². The molecule has 0 radical (unpaired) electrons. The van der Waals surface area contributed by atoms with Crippen LogP contribution in [0.2, 0.25) is 0 Å². The van der Waals surface area contributed by atoms with E-state index in [1.807, 2.05) is 0 Å².